The van der Waals surface area contributed by atoms with Crippen LogP contribution in [0.5, 0.6) is 5.75 Å². The predicted molar refractivity (Wildman–Crippen MR) is 86.3 cm³/mol. The highest BCUT2D eigenvalue weighted by atomic mass is 19.1. The SMILES string of the molecule is O=C(Nc1ccc(OCc2cccc(F)c2)c(F)c1)[C@@H]1COCCO1. The van der Waals surface area contributed by atoms with Gasteiger partial charge in [-0.3, -0.25) is 4.79 Å². The van der Waals surface area contributed by atoms with Crippen molar-refractivity contribution in [3.8, 4) is 5.75 Å². The highest BCUT2D eigenvalue weighted by molar-refractivity contribution is 5.94. The molecular formula is C18H17F2NO4. The minimum absolute atomic E-state index is 0.0134. The molecule has 1 saturated heterocycles. The highest BCUT2D eigenvalue weighted by Crippen LogP contribution is 2.22. The summed E-state index contributed by atoms with van der Waals surface area (Å²) in [5.74, 6) is -1.39. The Labute approximate surface area is 143 Å². The van der Waals surface area contributed by atoms with Gasteiger partial charge < -0.3 is 19.5 Å². The fraction of sp³-hybridized carbons (Fsp3) is 0.278. The van der Waals surface area contributed by atoms with Crippen molar-refractivity contribution in [1.82, 2.24) is 0 Å². The second kappa shape index (κ2) is 8.04. The van der Waals surface area contributed by atoms with E-state index < -0.39 is 17.8 Å². The molecule has 25 heavy (non-hydrogen) atoms. The average Bonchev–Trinajstić information content (AvgIpc) is 2.62. The molecule has 0 radical (unpaired) electrons. The van der Waals surface area contributed by atoms with E-state index in [-0.39, 0.29) is 30.5 Å². The lowest BCUT2D eigenvalue weighted by Crippen LogP contribution is -2.39. The zero-order valence-corrected chi connectivity index (χ0v) is 13.3. The van der Waals surface area contributed by atoms with Crippen LogP contribution in [0.2, 0.25) is 0 Å². The van der Waals surface area contributed by atoms with E-state index in [0.717, 1.165) is 6.07 Å². The third-order valence-corrected chi connectivity index (χ3v) is 3.59. The molecular weight excluding hydrogens is 332 g/mol. The molecule has 3 rings (SSSR count). The molecule has 0 bridgehead atoms. The molecule has 0 aliphatic carbocycles. The smallest absolute Gasteiger partial charge is 0.255 e. The Kier molecular flexibility index (Phi) is 5.57. The van der Waals surface area contributed by atoms with Crippen molar-refractivity contribution in [3.05, 3.63) is 59.7 Å². The van der Waals surface area contributed by atoms with E-state index >= 15 is 0 Å². The van der Waals surface area contributed by atoms with E-state index in [9.17, 15) is 13.6 Å². The lowest BCUT2D eigenvalue weighted by molar-refractivity contribution is -0.142. The molecule has 5 nitrogen and oxygen atoms in total. The number of halogens is 2. The first-order chi connectivity index (χ1) is 12.1. The van der Waals surface area contributed by atoms with Crippen LogP contribution in [0.25, 0.3) is 0 Å². The summed E-state index contributed by atoms with van der Waals surface area (Å²) in [5, 5.41) is 2.57. The van der Waals surface area contributed by atoms with E-state index in [0.29, 0.717) is 18.8 Å². The van der Waals surface area contributed by atoms with Crippen LogP contribution in [-0.4, -0.2) is 31.8 Å². The summed E-state index contributed by atoms with van der Waals surface area (Å²) in [5.41, 5.74) is 0.876. The molecule has 1 amide bonds. The van der Waals surface area contributed by atoms with Gasteiger partial charge in [0, 0.05) is 11.8 Å². The molecule has 0 unspecified atom stereocenters. The fourth-order valence-corrected chi connectivity index (χ4v) is 2.35. The van der Waals surface area contributed by atoms with Crippen LogP contribution in [0, 0.1) is 11.6 Å². The predicted octanol–water partition coefficient (Wildman–Crippen LogP) is 2.90. The summed E-state index contributed by atoms with van der Waals surface area (Å²) >= 11 is 0. The molecule has 1 heterocycles. The zero-order chi connectivity index (χ0) is 17.6. The molecule has 0 aromatic heterocycles. The largest absolute Gasteiger partial charge is 0.486 e. The summed E-state index contributed by atoms with van der Waals surface area (Å²) in [7, 11) is 0. The van der Waals surface area contributed by atoms with Crippen molar-refractivity contribution in [2.45, 2.75) is 12.7 Å². The van der Waals surface area contributed by atoms with Crippen molar-refractivity contribution in [3.63, 3.8) is 0 Å². The van der Waals surface area contributed by atoms with E-state index in [1.807, 2.05) is 0 Å². The Hall–Kier alpha value is -2.51. The van der Waals surface area contributed by atoms with Crippen molar-refractivity contribution in [2.24, 2.45) is 0 Å². The number of ether oxygens (including phenoxy) is 3. The molecule has 132 valence electrons. The van der Waals surface area contributed by atoms with Gasteiger partial charge in [-0.05, 0) is 29.8 Å². The number of carbonyl (C=O) groups excluding carboxylic acids is 1. The van der Waals surface area contributed by atoms with Crippen molar-refractivity contribution >= 4 is 11.6 Å². The molecule has 1 aliphatic rings. The third kappa shape index (κ3) is 4.74. The molecule has 1 atom stereocenters. The second-order valence-electron chi connectivity index (χ2n) is 5.49. The van der Waals surface area contributed by atoms with E-state index in [4.69, 9.17) is 14.2 Å². The van der Waals surface area contributed by atoms with Crippen LogP contribution in [0.4, 0.5) is 14.5 Å². The number of carbonyl (C=O) groups is 1. The van der Waals surface area contributed by atoms with Crippen LogP contribution in [0.15, 0.2) is 42.5 Å². The molecule has 0 saturated carbocycles. The van der Waals surface area contributed by atoms with Crippen molar-refractivity contribution < 1.29 is 27.8 Å². The topological polar surface area (TPSA) is 56.8 Å². The summed E-state index contributed by atoms with van der Waals surface area (Å²) in [4.78, 5) is 12.0. The summed E-state index contributed by atoms with van der Waals surface area (Å²) in [6, 6.07) is 9.96. The van der Waals surface area contributed by atoms with Crippen LogP contribution in [0.3, 0.4) is 0 Å². The van der Waals surface area contributed by atoms with E-state index in [1.54, 1.807) is 12.1 Å². The molecule has 1 aliphatic heterocycles. The van der Waals surface area contributed by atoms with Gasteiger partial charge in [0.25, 0.3) is 5.91 Å². The van der Waals surface area contributed by atoms with Gasteiger partial charge in [0.05, 0.1) is 19.8 Å². The number of anilines is 1. The first-order valence-corrected chi connectivity index (χ1v) is 7.79. The normalized spacial score (nSPS) is 17.1. The molecule has 1 fully saturated rings. The molecule has 1 N–H and O–H groups in total. The Bertz CT molecular complexity index is 748. The van der Waals surface area contributed by atoms with Gasteiger partial charge in [-0.25, -0.2) is 8.78 Å². The first-order valence-electron chi connectivity index (χ1n) is 7.79. The maximum absolute atomic E-state index is 14.1. The van der Waals surface area contributed by atoms with Gasteiger partial charge >= 0.3 is 0 Å². The van der Waals surface area contributed by atoms with Gasteiger partial charge in [-0.1, -0.05) is 12.1 Å². The van der Waals surface area contributed by atoms with Gasteiger partial charge in [-0.15, -0.1) is 0 Å². The Morgan fingerprint density at radius 2 is 2.08 bits per heavy atom. The van der Waals surface area contributed by atoms with Crippen LogP contribution >= 0.6 is 0 Å². The van der Waals surface area contributed by atoms with Gasteiger partial charge in [-0.2, -0.15) is 0 Å². The van der Waals surface area contributed by atoms with Gasteiger partial charge in [0.15, 0.2) is 17.7 Å². The summed E-state index contributed by atoms with van der Waals surface area (Å²) in [6.07, 6.45) is -0.708. The summed E-state index contributed by atoms with van der Waals surface area (Å²) in [6.45, 7) is 1.01. The first kappa shape index (κ1) is 17.3. The van der Waals surface area contributed by atoms with E-state index in [2.05, 4.69) is 5.32 Å². The van der Waals surface area contributed by atoms with Gasteiger partial charge in [0.1, 0.15) is 12.4 Å². The van der Waals surface area contributed by atoms with Crippen molar-refractivity contribution in [1.29, 1.82) is 0 Å². The van der Waals surface area contributed by atoms with Crippen molar-refractivity contribution in [2.75, 3.05) is 25.1 Å². The van der Waals surface area contributed by atoms with Crippen LogP contribution in [-0.2, 0) is 20.9 Å². The van der Waals surface area contributed by atoms with Crippen LogP contribution in [0.1, 0.15) is 5.56 Å². The number of hydrogen-bond donors (Lipinski definition) is 1. The Balaban J connectivity index is 1.59. The quantitative estimate of drug-likeness (QED) is 0.902. The standard InChI is InChI=1S/C18H17F2NO4/c19-13-3-1-2-12(8-13)10-25-16-5-4-14(9-15(16)20)21-18(22)17-11-23-6-7-24-17/h1-5,8-9,17H,6-7,10-11H2,(H,21,22)/t17-/m0/s1. The van der Waals surface area contributed by atoms with Gasteiger partial charge in [0.2, 0.25) is 0 Å². The third-order valence-electron chi connectivity index (χ3n) is 3.59. The molecule has 0 spiro atoms. The minimum Gasteiger partial charge on any atom is -0.486 e. The highest BCUT2D eigenvalue weighted by Gasteiger charge is 2.22. The maximum atomic E-state index is 14.1. The number of benzene rings is 2. The minimum atomic E-state index is -0.708. The molecule has 7 heteroatoms. The monoisotopic (exact) mass is 349 g/mol. The lowest BCUT2D eigenvalue weighted by Gasteiger charge is -2.22. The number of amides is 1. The van der Waals surface area contributed by atoms with Crippen LogP contribution < -0.4 is 10.1 Å². The zero-order valence-electron chi connectivity index (χ0n) is 13.3. The Morgan fingerprint density at radius 3 is 2.80 bits per heavy atom. The Morgan fingerprint density at radius 1 is 1.20 bits per heavy atom. The summed E-state index contributed by atoms with van der Waals surface area (Å²) < 4.78 is 43.0. The second-order valence-corrected chi connectivity index (χ2v) is 5.49. The number of rotatable bonds is 5. The number of hydrogen-bond acceptors (Lipinski definition) is 4. The number of nitrogens with one attached hydrogen (secondary N) is 1. The van der Waals surface area contributed by atoms with E-state index in [1.165, 1.54) is 24.3 Å². The lowest BCUT2D eigenvalue weighted by atomic mass is 10.2. The maximum Gasteiger partial charge on any atom is 0.255 e. The molecule has 2 aromatic carbocycles. The average molecular weight is 349 g/mol. The fourth-order valence-electron chi connectivity index (χ4n) is 2.35. The molecule has 2 aromatic rings.